The number of aliphatic imine (C=N–C) groups is 1. The number of rotatable bonds is 8. The third-order valence-electron chi connectivity index (χ3n) is 4.20. The van der Waals surface area contributed by atoms with Crippen LogP contribution in [-0.4, -0.2) is 52.6 Å². The third kappa shape index (κ3) is 13.0. The monoisotopic (exact) mass is 529 g/mol. The van der Waals surface area contributed by atoms with E-state index < -0.39 is 0 Å². The summed E-state index contributed by atoms with van der Waals surface area (Å²) in [5.74, 6) is -0.359. The summed E-state index contributed by atoms with van der Waals surface area (Å²) in [6, 6.07) is 0. The van der Waals surface area contributed by atoms with Crippen molar-refractivity contribution in [1.82, 2.24) is 9.55 Å². The molecule has 2 rings (SSSR count). The van der Waals surface area contributed by atoms with Gasteiger partial charge < -0.3 is 19.3 Å². The second-order valence-electron chi connectivity index (χ2n) is 7.17. The number of aliphatic hydroxyl groups is 1. The fourth-order valence-corrected chi connectivity index (χ4v) is 3.41. The number of carbonyl (C=O) groups is 2. The van der Waals surface area contributed by atoms with Crippen LogP contribution in [0.15, 0.2) is 34.8 Å². The Bertz CT molecular complexity index is 802. The van der Waals surface area contributed by atoms with Crippen molar-refractivity contribution < 1.29 is 28.9 Å². The molecule has 1 aliphatic rings. The molecule has 10 heteroatoms. The average Bonchev–Trinajstić information content (AvgIpc) is 3.32. The van der Waals surface area contributed by atoms with Gasteiger partial charge in [0, 0.05) is 25.7 Å². The highest BCUT2D eigenvalue weighted by molar-refractivity contribution is 9.10. The Morgan fingerprint density at radius 2 is 1.94 bits per heavy atom. The number of carbonyl (C=O) groups excluding carboxylic acids is 2. The van der Waals surface area contributed by atoms with Crippen molar-refractivity contribution in [2.24, 2.45) is 4.99 Å². The zero-order chi connectivity index (χ0) is 25.4. The fraction of sp³-hybridized carbons (Fsp3) is 0.565. The lowest BCUT2D eigenvalue weighted by molar-refractivity contribution is -0.145. The van der Waals surface area contributed by atoms with E-state index in [0.717, 1.165) is 48.2 Å². The number of imidazole rings is 1. The molecule has 0 spiro atoms. The Hall–Kier alpha value is -2.46. The molecule has 1 aromatic heterocycles. The van der Waals surface area contributed by atoms with E-state index in [2.05, 4.69) is 55.3 Å². The van der Waals surface area contributed by atoms with Gasteiger partial charge in [0.2, 0.25) is 0 Å². The number of hydrogen-bond donors (Lipinski definition) is 1. The van der Waals surface area contributed by atoms with Crippen LogP contribution in [0.5, 0.6) is 0 Å². The van der Waals surface area contributed by atoms with Crippen LogP contribution < -0.4 is 0 Å². The highest BCUT2D eigenvalue weighted by Crippen LogP contribution is 2.33. The molecule has 1 saturated heterocycles. The first-order valence-corrected chi connectivity index (χ1v) is 11.4. The van der Waals surface area contributed by atoms with Crippen LogP contribution in [-0.2, 0) is 30.2 Å². The smallest absolute Gasteiger partial charge is 0.302 e. The second kappa shape index (κ2) is 17.1. The van der Waals surface area contributed by atoms with Crippen molar-refractivity contribution in [3.63, 3.8) is 0 Å². The topological polar surface area (TPSA) is 112 Å². The molecule has 0 saturated carbocycles. The summed E-state index contributed by atoms with van der Waals surface area (Å²) >= 11 is 3.54. The van der Waals surface area contributed by atoms with E-state index in [-0.39, 0.29) is 30.0 Å². The molecular formula is C23H36BrN3O6. The Morgan fingerprint density at radius 1 is 1.33 bits per heavy atom. The molecule has 9 nitrogen and oxygen atoms in total. The molecule has 0 amide bonds. The number of ether oxygens (including phenoxy) is 3. The van der Waals surface area contributed by atoms with Gasteiger partial charge in [-0.2, -0.15) is 0 Å². The van der Waals surface area contributed by atoms with Crippen LogP contribution in [0.3, 0.4) is 0 Å². The molecule has 186 valence electrons. The van der Waals surface area contributed by atoms with E-state index >= 15 is 0 Å². The number of aliphatic hydroxyl groups excluding tert-OH is 1. The number of methoxy groups -OCH3 is 1. The molecule has 2 atom stereocenters. The molecule has 33 heavy (non-hydrogen) atoms. The highest BCUT2D eigenvalue weighted by atomic mass is 79.9. The van der Waals surface area contributed by atoms with Gasteiger partial charge in [0.25, 0.3) is 0 Å². The largest absolute Gasteiger partial charge is 0.513 e. The summed E-state index contributed by atoms with van der Waals surface area (Å²) in [5, 5.41) is 7.86. The predicted octanol–water partition coefficient (Wildman–Crippen LogP) is 5.05. The molecule has 0 aromatic carbocycles. The van der Waals surface area contributed by atoms with E-state index in [0.29, 0.717) is 6.61 Å². The Labute approximate surface area is 204 Å². The van der Waals surface area contributed by atoms with Crippen molar-refractivity contribution in [3.05, 3.63) is 41.2 Å². The van der Waals surface area contributed by atoms with Gasteiger partial charge in [-0.3, -0.25) is 19.1 Å². The zero-order valence-electron chi connectivity index (χ0n) is 20.2. The van der Waals surface area contributed by atoms with E-state index in [1.165, 1.54) is 34.1 Å². The van der Waals surface area contributed by atoms with Crippen molar-refractivity contribution in [2.75, 3.05) is 13.7 Å². The number of aromatic nitrogens is 2. The number of esters is 2. The SMILES string of the molecule is C=C(C)O.C=CN=Cc1nc(Br)n(C2CCC(COC(C)=O)O2)c1CCCC.COC(C)=O. The van der Waals surface area contributed by atoms with Gasteiger partial charge in [-0.1, -0.05) is 26.5 Å². The van der Waals surface area contributed by atoms with Gasteiger partial charge >= 0.3 is 11.9 Å². The summed E-state index contributed by atoms with van der Waals surface area (Å²) < 4.78 is 18.1. The summed E-state index contributed by atoms with van der Waals surface area (Å²) in [6.07, 6.45) is 7.83. The standard InChI is InChI=1S/C17H24BrN3O3.C3H6O2.C3H6O/c1-4-6-7-15-14(10-19-5-2)20-17(18)21(15)16-9-8-13(24-16)11-23-12(3)22;1-3(4)5-2;1-3(2)4/h5,10,13,16H,2,4,6-9,11H2,1,3H3;1-2H3;4H,1H2,2H3. The van der Waals surface area contributed by atoms with Crippen molar-refractivity contribution in [3.8, 4) is 0 Å². The average molecular weight is 530 g/mol. The minimum absolute atomic E-state index is 0.0717. The van der Waals surface area contributed by atoms with Gasteiger partial charge in [-0.15, -0.1) is 0 Å². The van der Waals surface area contributed by atoms with E-state index in [1.807, 2.05) is 0 Å². The minimum atomic E-state index is -0.280. The van der Waals surface area contributed by atoms with Crippen LogP contribution >= 0.6 is 15.9 Å². The van der Waals surface area contributed by atoms with Gasteiger partial charge in [-0.25, -0.2) is 4.98 Å². The summed E-state index contributed by atoms with van der Waals surface area (Å²) in [5.41, 5.74) is 1.94. The number of hydrogen-bond acceptors (Lipinski definition) is 8. The Morgan fingerprint density at radius 3 is 2.42 bits per heavy atom. The quantitative estimate of drug-likeness (QED) is 0.284. The Balaban J connectivity index is 0.000000968. The third-order valence-corrected chi connectivity index (χ3v) is 4.76. The Kier molecular flexibility index (Phi) is 15.8. The first kappa shape index (κ1) is 30.5. The molecule has 1 aromatic rings. The van der Waals surface area contributed by atoms with Crippen LogP contribution in [0.1, 0.15) is 71.0 Å². The van der Waals surface area contributed by atoms with Gasteiger partial charge in [-0.05, 0) is 48.5 Å². The number of nitrogens with zero attached hydrogens (tertiary/aromatic N) is 3. The predicted molar refractivity (Wildman–Crippen MR) is 131 cm³/mol. The summed E-state index contributed by atoms with van der Waals surface area (Å²) in [4.78, 5) is 29.2. The minimum Gasteiger partial charge on any atom is -0.513 e. The first-order valence-electron chi connectivity index (χ1n) is 10.7. The van der Waals surface area contributed by atoms with E-state index in [1.54, 1.807) is 6.21 Å². The normalized spacial score (nSPS) is 16.8. The van der Waals surface area contributed by atoms with E-state index in [9.17, 15) is 9.59 Å². The number of halogens is 1. The van der Waals surface area contributed by atoms with Crippen molar-refractivity contribution >= 4 is 34.1 Å². The van der Waals surface area contributed by atoms with Crippen LogP contribution in [0, 0.1) is 0 Å². The van der Waals surface area contributed by atoms with Crippen LogP contribution in [0.2, 0.25) is 0 Å². The van der Waals surface area contributed by atoms with Gasteiger partial charge in [0.1, 0.15) is 18.5 Å². The van der Waals surface area contributed by atoms with Crippen molar-refractivity contribution in [1.29, 1.82) is 0 Å². The van der Waals surface area contributed by atoms with Crippen molar-refractivity contribution in [2.45, 2.75) is 72.1 Å². The molecule has 1 fully saturated rings. The second-order valence-corrected chi connectivity index (χ2v) is 7.88. The number of allylic oxidation sites excluding steroid dienone is 1. The van der Waals surface area contributed by atoms with Gasteiger partial charge in [0.15, 0.2) is 4.73 Å². The molecule has 1 aliphatic heterocycles. The summed E-state index contributed by atoms with van der Waals surface area (Å²) in [6.45, 7) is 13.5. The maximum Gasteiger partial charge on any atom is 0.302 e. The molecule has 2 heterocycles. The van der Waals surface area contributed by atoms with E-state index in [4.69, 9.17) is 14.6 Å². The lowest BCUT2D eigenvalue weighted by Gasteiger charge is -2.18. The maximum atomic E-state index is 11.0. The lowest BCUT2D eigenvalue weighted by Crippen LogP contribution is -2.19. The first-order chi connectivity index (χ1) is 15.6. The summed E-state index contributed by atoms with van der Waals surface area (Å²) in [7, 11) is 1.35. The lowest BCUT2D eigenvalue weighted by atomic mass is 10.1. The molecule has 0 radical (unpaired) electrons. The van der Waals surface area contributed by atoms with Gasteiger partial charge in [0.05, 0.1) is 25.2 Å². The molecule has 1 N–H and O–H groups in total. The molecule has 0 bridgehead atoms. The number of unbranched alkanes of at least 4 members (excludes halogenated alkanes) is 1. The van der Waals surface area contributed by atoms with Crippen LogP contribution in [0.4, 0.5) is 0 Å². The molecular weight excluding hydrogens is 494 g/mol. The zero-order valence-corrected chi connectivity index (χ0v) is 21.8. The fourth-order valence-electron chi connectivity index (χ4n) is 2.77. The van der Waals surface area contributed by atoms with Crippen LogP contribution in [0.25, 0.3) is 0 Å². The molecule has 2 unspecified atom stereocenters. The molecule has 0 aliphatic carbocycles. The highest BCUT2D eigenvalue weighted by Gasteiger charge is 2.31. The maximum absolute atomic E-state index is 11.0.